The van der Waals surface area contributed by atoms with E-state index in [1.165, 1.54) is 31.7 Å². The first-order chi connectivity index (χ1) is 16.8. The lowest BCUT2D eigenvalue weighted by Crippen LogP contribution is -2.36. The van der Waals surface area contributed by atoms with Gasteiger partial charge in [0.15, 0.2) is 0 Å². The molecular formula is C27H37N3O5. The van der Waals surface area contributed by atoms with E-state index < -0.39 is 22.7 Å². The number of nitro groups is 1. The number of unbranched alkanes of at least 4 members (excludes halogenated alkanes) is 6. The number of hydrogen-bond acceptors (Lipinski definition) is 6. The molecule has 0 spiro atoms. The van der Waals surface area contributed by atoms with E-state index in [1.54, 1.807) is 38.1 Å². The van der Waals surface area contributed by atoms with E-state index in [4.69, 9.17) is 4.74 Å². The maximum absolute atomic E-state index is 13.3. The smallest absolute Gasteiger partial charge is 0.336 e. The Morgan fingerprint density at radius 3 is 2.37 bits per heavy atom. The molecule has 8 heteroatoms. The summed E-state index contributed by atoms with van der Waals surface area (Å²) in [7, 11) is 0. The molecule has 0 saturated heterocycles. The summed E-state index contributed by atoms with van der Waals surface area (Å²) in [5, 5.41) is 17.7. The number of dihydropyridines is 1. The van der Waals surface area contributed by atoms with E-state index in [2.05, 4.69) is 24.1 Å². The zero-order valence-electron chi connectivity index (χ0n) is 21.0. The number of benzene rings is 1. The van der Waals surface area contributed by atoms with E-state index in [1.807, 2.05) is 0 Å². The largest absolute Gasteiger partial charge is 0.462 e. The predicted molar refractivity (Wildman–Crippen MR) is 137 cm³/mol. The molecule has 0 radical (unpaired) electrons. The first kappa shape index (κ1) is 27.8. The lowest BCUT2D eigenvalue weighted by atomic mass is 9.79. The van der Waals surface area contributed by atoms with Crippen molar-refractivity contribution in [3.8, 4) is 0 Å². The van der Waals surface area contributed by atoms with Gasteiger partial charge in [0.25, 0.3) is 5.69 Å². The van der Waals surface area contributed by atoms with E-state index in [0.717, 1.165) is 19.3 Å². The number of esters is 1. The maximum atomic E-state index is 13.3. The molecule has 1 heterocycles. The summed E-state index contributed by atoms with van der Waals surface area (Å²) in [6.07, 6.45) is 9.17. The summed E-state index contributed by atoms with van der Waals surface area (Å²) in [5.41, 5.74) is 1.59. The summed E-state index contributed by atoms with van der Waals surface area (Å²) in [4.78, 5) is 37.7. The van der Waals surface area contributed by atoms with Crippen molar-refractivity contribution in [2.75, 3.05) is 13.2 Å². The van der Waals surface area contributed by atoms with Crippen molar-refractivity contribution in [1.82, 2.24) is 10.6 Å². The van der Waals surface area contributed by atoms with Gasteiger partial charge >= 0.3 is 5.97 Å². The molecule has 0 aliphatic carbocycles. The molecule has 1 aromatic carbocycles. The monoisotopic (exact) mass is 483 g/mol. The normalized spacial score (nSPS) is 15.5. The van der Waals surface area contributed by atoms with Gasteiger partial charge in [-0.3, -0.25) is 14.9 Å². The van der Waals surface area contributed by atoms with Crippen LogP contribution in [0.5, 0.6) is 0 Å². The molecule has 2 N–H and O–H groups in total. The van der Waals surface area contributed by atoms with Gasteiger partial charge < -0.3 is 15.4 Å². The number of rotatable bonds is 14. The lowest BCUT2D eigenvalue weighted by Gasteiger charge is -2.30. The van der Waals surface area contributed by atoms with Crippen molar-refractivity contribution in [2.24, 2.45) is 0 Å². The minimum Gasteiger partial charge on any atom is -0.462 e. The quantitative estimate of drug-likeness (QED) is 0.120. The molecule has 1 aliphatic heterocycles. The summed E-state index contributed by atoms with van der Waals surface area (Å²) >= 11 is 0. The molecule has 190 valence electrons. The molecule has 1 amide bonds. The van der Waals surface area contributed by atoms with Gasteiger partial charge in [-0.25, -0.2) is 4.79 Å². The Kier molecular flexibility index (Phi) is 11.2. The van der Waals surface area contributed by atoms with Gasteiger partial charge in [-0.1, -0.05) is 69.7 Å². The van der Waals surface area contributed by atoms with Gasteiger partial charge in [0, 0.05) is 35.1 Å². The topological polar surface area (TPSA) is 111 Å². The minimum absolute atomic E-state index is 0.161. The second-order valence-corrected chi connectivity index (χ2v) is 8.71. The highest BCUT2D eigenvalue weighted by molar-refractivity contribution is 6.02. The van der Waals surface area contributed by atoms with Crippen molar-refractivity contribution in [2.45, 2.75) is 71.6 Å². The Morgan fingerprint density at radius 1 is 1.09 bits per heavy atom. The number of para-hydroxylation sites is 1. The van der Waals surface area contributed by atoms with Crippen LogP contribution in [0.25, 0.3) is 0 Å². The van der Waals surface area contributed by atoms with Crippen LogP contribution < -0.4 is 10.6 Å². The number of hydrogen-bond donors (Lipinski definition) is 2. The van der Waals surface area contributed by atoms with Crippen LogP contribution in [-0.4, -0.2) is 30.0 Å². The van der Waals surface area contributed by atoms with Crippen LogP contribution in [0.3, 0.4) is 0 Å². The second-order valence-electron chi connectivity index (χ2n) is 8.71. The Hall–Kier alpha value is -3.42. The number of carbonyl (C=O) groups excluding carboxylic acids is 2. The van der Waals surface area contributed by atoms with Gasteiger partial charge in [0.2, 0.25) is 5.91 Å². The number of allylic oxidation sites excluding steroid dienone is 2. The van der Waals surface area contributed by atoms with Crippen LogP contribution in [0.15, 0.2) is 59.5 Å². The number of ether oxygens (including phenoxy) is 1. The van der Waals surface area contributed by atoms with Crippen molar-refractivity contribution in [3.63, 3.8) is 0 Å². The number of amides is 1. The molecule has 1 aromatic rings. The Bertz CT molecular complexity index is 996. The molecule has 0 saturated carbocycles. The zero-order valence-corrected chi connectivity index (χ0v) is 21.0. The fraction of sp³-hybridized carbons (Fsp3) is 0.481. The van der Waals surface area contributed by atoms with E-state index in [9.17, 15) is 19.7 Å². The number of nitrogens with zero attached hydrogens (tertiary/aromatic N) is 1. The molecule has 1 atom stereocenters. The van der Waals surface area contributed by atoms with E-state index >= 15 is 0 Å². The number of nitro benzene ring substituents is 1. The van der Waals surface area contributed by atoms with Crippen molar-refractivity contribution in [3.05, 3.63) is 75.1 Å². The first-order valence-corrected chi connectivity index (χ1v) is 12.3. The Morgan fingerprint density at radius 2 is 1.71 bits per heavy atom. The molecule has 0 aromatic heterocycles. The average molecular weight is 484 g/mol. The molecule has 1 aliphatic rings. The predicted octanol–water partition coefficient (Wildman–Crippen LogP) is 5.43. The fourth-order valence-electron chi connectivity index (χ4n) is 4.34. The zero-order chi connectivity index (χ0) is 25.8. The minimum atomic E-state index is -0.941. The summed E-state index contributed by atoms with van der Waals surface area (Å²) < 4.78 is 5.60. The Balaban J connectivity index is 2.31. The van der Waals surface area contributed by atoms with Crippen LogP contribution >= 0.6 is 0 Å². The third-order valence-corrected chi connectivity index (χ3v) is 6.06. The summed E-state index contributed by atoms with van der Waals surface area (Å²) in [5.74, 6) is -1.95. The summed E-state index contributed by atoms with van der Waals surface area (Å²) in [6, 6.07) is 6.18. The summed E-state index contributed by atoms with van der Waals surface area (Å²) in [6.45, 7) is 9.71. The molecule has 2 rings (SSSR count). The van der Waals surface area contributed by atoms with Crippen LogP contribution in [0.4, 0.5) is 5.69 Å². The van der Waals surface area contributed by atoms with Gasteiger partial charge in [-0.2, -0.15) is 0 Å². The van der Waals surface area contributed by atoms with Gasteiger partial charge in [0.05, 0.1) is 23.0 Å². The van der Waals surface area contributed by atoms with Gasteiger partial charge in [0.1, 0.15) is 0 Å². The number of carbonyl (C=O) groups is 2. The average Bonchev–Trinajstić information content (AvgIpc) is 2.83. The van der Waals surface area contributed by atoms with E-state index in [0.29, 0.717) is 11.4 Å². The fourth-order valence-corrected chi connectivity index (χ4v) is 4.34. The van der Waals surface area contributed by atoms with Gasteiger partial charge in [-0.15, -0.1) is 6.58 Å². The van der Waals surface area contributed by atoms with Crippen molar-refractivity contribution < 1.29 is 19.2 Å². The molecule has 8 nitrogen and oxygen atoms in total. The van der Waals surface area contributed by atoms with Crippen LogP contribution in [0.1, 0.15) is 77.2 Å². The highest BCUT2D eigenvalue weighted by Gasteiger charge is 2.40. The molecule has 1 unspecified atom stereocenters. The van der Waals surface area contributed by atoms with Crippen LogP contribution in [-0.2, 0) is 14.3 Å². The molecular weight excluding hydrogens is 446 g/mol. The molecule has 35 heavy (non-hydrogen) atoms. The molecule has 0 fully saturated rings. The van der Waals surface area contributed by atoms with Gasteiger partial charge in [-0.05, 0) is 20.3 Å². The molecule has 0 bridgehead atoms. The SMILES string of the molecule is C=CCNC(=O)C1=C(C)NC(C)=C(C(=O)OCCCCCCCCC)C1c1ccccc1[N+](=O)[O-]. The first-order valence-electron chi connectivity index (χ1n) is 12.3. The Labute approximate surface area is 207 Å². The van der Waals surface area contributed by atoms with E-state index in [-0.39, 0.29) is 35.5 Å². The lowest BCUT2D eigenvalue weighted by molar-refractivity contribution is -0.385. The van der Waals surface area contributed by atoms with Crippen molar-refractivity contribution >= 4 is 17.6 Å². The second kappa shape index (κ2) is 14.1. The maximum Gasteiger partial charge on any atom is 0.336 e. The standard InChI is InChI=1S/C27H37N3O5/c1-5-7-8-9-10-11-14-18-35-27(32)24-20(4)29-19(3)23(26(31)28-17-6-2)25(24)21-15-12-13-16-22(21)30(33)34/h6,12-13,15-16,25,29H,2,5,7-11,14,17-18H2,1,3-4H3,(H,28,31). The third-order valence-electron chi connectivity index (χ3n) is 6.06. The number of nitrogens with one attached hydrogen (secondary N) is 2. The van der Waals surface area contributed by atoms with Crippen molar-refractivity contribution in [1.29, 1.82) is 0 Å². The highest BCUT2D eigenvalue weighted by atomic mass is 16.6. The highest BCUT2D eigenvalue weighted by Crippen LogP contribution is 2.42. The van der Waals surface area contributed by atoms with Crippen LogP contribution in [0, 0.1) is 10.1 Å². The third kappa shape index (κ3) is 7.53. The van der Waals surface area contributed by atoms with Crippen LogP contribution in [0.2, 0.25) is 0 Å².